The predicted octanol–water partition coefficient (Wildman–Crippen LogP) is 3.00. The molecule has 5 heteroatoms. The molecule has 1 aromatic carbocycles. The van der Waals surface area contributed by atoms with Crippen molar-refractivity contribution in [3.8, 4) is 11.8 Å². The van der Waals surface area contributed by atoms with Crippen LogP contribution in [-0.2, 0) is 6.54 Å². The molecule has 1 N–H and O–H groups in total. The number of rotatable bonds is 4. The molecule has 0 amide bonds. The lowest BCUT2D eigenvalue weighted by Gasteiger charge is -2.10. The average molecular weight is 319 g/mol. The standard InChI is InChI=1S/C14H15BrN4/c1-10(2)17-7-11-3-4-14(12(5-11)6-16)19-9-13(15)8-18-19/h3-5,8-10,17H,7H2,1-2H3. The van der Waals surface area contributed by atoms with Crippen LogP contribution in [0.3, 0.4) is 0 Å². The SMILES string of the molecule is CC(C)NCc1ccc(-n2cc(Br)cn2)c(C#N)c1. The molecule has 0 unspecified atom stereocenters. The molecule has 98 valence electrons. The van der Waals surface area contributed by atoms with E-state index in [0.717, 1.165) is 22.3 Å². The van der Waals surface area contributed by atoms with Gasteiger partial charge in [-0.15, -0.1) is 0 Å². The molecule has 2 rings (SSSR count). The Balaban J connectivity index is 2.29. The zero-order valence-electron chi connectivity index (χ0n) is 10.9. The van der Waals surface area contributed by atoms with Gasteiger partial charge in [-0.2, -0.15) is 10.4 Å². The van der Waals surface area contributed by atoms with Gasteiger partial charge in [0.25, 0.3) is 0 Å². The van der Waals surface area contributed by atoms with Gasteiger partial charge in [-0.1, -0.05) is 19.9 Å². The topological polar surface area (TPSA) is 53.6 Å². The van der Waals surface area contributed by atoms with E-state index >= 15 is 0 Å². The molecule has 19 heavy (non-hydrogen) atoms. The molecule has 0 saturated heterocycles. The molecule has 4 nitrogen and oxygen atoms in total. The second-order valence-electron chi connectivity index (χ2n) is 4.60. The number of aromatic nitrogens is 2. The lowest BCUT2D eigenvalue weighted by molar-refractivity contribution is 0.588. The Bertz CT molecular complexity index is 610. The minimum Gasteiger partial charge on any atom is -0.310 e. The highest BCUT2D eigenvalue weighted by atomic mass is 79.9. The number of halogens is 1. The van der Waals surface area contributed by atoms with Crippen molar-refractivity contribution >= 4 is 15.9 Å². The van der Waals surface area contributed by atoms with Crippen molar-refractivity contribution in [2.75, 3.05) is 0 Å². The first-order chi connectivity index (χ1) is 9.10. The summed E-state index contributed by atoms with van der Waals surface area (Å²) < 4.78 is 2.59. The molecule has 0 atom stereocenters. The molecule has 0 radical (unpaired) electrons. The van der Waals surface area contributed by atoms with Gasteiger partial charge in [-0.3, -0.25) is 0 Å². The minimum atomic E-state index is 0.423. The second kappa shape index (κ2) is 6.00. The molecule has 2 aromatic rings. The number of nitriles is 1. The third-order valence-corrected chi connectivity index (χ3v) is 3.10. The smallest absolute Gasteiger partial charge is 0.101 e. The zero-order valence-corrected chi connectivity index (χ0v) is 12.5. The highest BCUT2D eigenvalue weighted by Crippen LogP contribution is 2.18. The fourth-order valence-electron chi connectivity index (χ4n) is 1.74. The summed E-state index contributed by atoms with van der Waals surface area (Å²) in [5.74, 6) is 0. The van der Waals surface area contributed by atoms with Crippen LogP contribution in [-0.4, -0.2) is 15.8 Å². The monoisotopic (exact) mass is 318 g/mol. The second-order valence-corrected chi connectivity index (χ2v) is 5.52. The largest absolute Gasteiger partial charge is 0.310 e. The van der Waals surface area contributed by atoms with E-state index in [1.807, 2.05) is 24.4 Å². The van der Waals surface area contributed by atoms with Crippen LogP contribution in [0.5, 0.6) is 0 Å². The Hall–Kier alpha value is -1.64. The van der Waals surface area contributed by atoms with Crippen molar-refractivity contribution in [3.05, 3.63) is 46.2 Å². The van der Waals surface area contributed by atoms with Gasteiger partial charge in [0, 0.05) is 18.8 Å². The molecular formula is C14H15BrN4. The van der Waals surface area contributed by atoms with Crippen LogP contribution in [0.4, 0.5) is 0 Å². The fraction of sp³-hybridized carbons (Fsp3) is 0.286. The van der Waals surface area contributed by atoms with E-state index in [0.29, 0.717) is 11.6 Å². The van der Waals surface area contributed by atoms with Crippen molar-refractivity contribution in [1.29, 1.82) is 5.26 Å². The summed E-state index contributed by atoms with van der Waals surface area (Å²) in [4.78, 5) is 0. The van der Waals surface area contributed by atoms with Gasteiger partial charge in [0.2, 0.25) is 0 Å². The van der Waals surface area contributed by atoms with Crippen molar-refractivity contribution in [2.24, 2.45) is 0 Å². The van der Waals surface area contributed by atoms with Crippen LogP contribution in [0.2, 0.25) is 0 Å². The predicted molar refractivity (Wildman–Crippen MR) is 78.0 cm³/mol. The Kier molecular flexibility index (Phi) is 4.35. The number of hydrogen-bond acceptors (Lipinski definition) is 3. The van der Waals surface area contributed by atoms with Gasteiger partial charge in [-0.25, -0.2) is 4.68 Å². The zero-order chi connectivity index (χ0) is 13.8. The van der Waals surface area contributed by atoms with Crippen LogP contribution in [0.25, 0.3) is 5.69 Å². The third kappa shape index (κ3) is 3.43. The maximum Gasteiger partial charge on any atom is 0.101 e. The highest BCUT2D eigenvalue weighted by Gasteiger charge is 2.07. The Morgan fingerprint density at radius 1 is 1.47 bits per heavy atom. The molecule has 0 fully saturated rings. The number of nitrogens with one attached hydrogen (secondary N) is 1. The maximum atomic E-state index is 9.27. The fourth-order valence-corrected chi connectivity index (χ4v) is 2.02. The van der Waals surface area contributed by atoms with E-state index in [9.17, 15) is 5.26 Å². The maximum absolute atomic E-state index is 9.27. The average Bonchev–Trinajstić information content (AvgIpc) is 2.82. The summed E-state index contributed by atoms with van der Waals surface area (Å²) in [5, 5.41) is 16.8. The van der Waals surface area contributed by atoms with Crippen LogP contribution in [0.15, 0.2) is 35.1 Å². The van der Waals surface area contributed by atoms with Crippen LogP contribution >= 0.6 is 15.9 Å². The highest BCUT2D eigenvalue weighted by molar-refractivity contribution is 9.10. The van der Waals surface area contributed by atoms with Gasteiger partial charge >= 0.3 is 0 Å². The normalized spacial score (nSPS) is 10.7. The molecule has 1 aromatic heterocycles. The first kappa shape index (κ1) is 13.8. The quantitative estimate of drug-likeness (QED) is 0.942. The Morgan fingerprint density at radius 2 is 2.26 bits per heavy atom. The molecule has 0 aliphatic rings. The van der Waals surface area contributed by atoms with E-state index in [2.05, 4.69) is 46.3 Å². The van der Waals surface area contributed by atoms with E-state index in [4.69, 9.17) is 0 Å². The Morgan fingerprint density at radius 3 is 2.84 bits per heavy atom. The molecule has 0 bridgehead atoms. The van der Waals surface area contributed by atoms with E-state index in [1.54, 1.807) is 10.9 Å². The van der Waals surface area contributed by atoms with Crippen LogP contribution < -0.4 is 5.32 Å². The van der Waals surface area contributed by atoms with E-state index < -0.39 is 0 Å². The van der Waals surface area contributed by atoms with Crippen LogP contribution in [0, 0.1) is 11.3 Å². The summed E-state index contributed by atoms with van der Waals surface area (Å²) in [6.07, 6.45) is 3.54. The summed E-state index contributed by atoms with van der Waals surface area (Å²) in [6.45, 7) is 4.96. The van der Waals surface area contributed by atoms with Gasteiger partial charge in [0.1, 0.15) is 6.07 Å². The summed E-state index contributed by atoms with van der Waals surface area (Å²) in [6, 6.07) is 8.49. The summed E-state index contributed by atoms with van der Waals surface area (Å²) in [7, 11) is 0. The molecular weight excluding hydrogens is 304 g/mol. The molecule has 0 aliphatic heterocycles. The molecule has 1 heterocycles. The van der Waals surface area contributed by atoms with Crippen LogP contribution in [0.1, 0.15) is 25.0 Å². The summed E-state index contributed by atoms with van der Waals surface area (Å²) >= 11 is 3.35. The van der Waals surface area contributed by atoms with E-state index in [1.165, 1.54) is 0 Å². The number of benzene rings is 1. The van der Waals surface area contributed by atoms with Crippen molar-refractivity contribution in [3.63, 3.8) is 0 Å². The molecule has 0 saturated carbocycles. The van der Waals surface area contributed by atoms with Crippen molar-refractivity contribution in [2.45, 2.75) is 26.4 Å². The van der Waals surface area contributed by atoms with Crippen molar-refractivity contribution in [1.82, 2.24) is 15.1 Å². The first-order valence-corrected chi connectivity index (χ1v) is 6.86. The van der Waals surface area contributed by atoms with Gasteiger partial charge in [0.15, 0.2) is 0 Å². The van der Waals surface area contributed by atoms with E-state index in [-0.39, 0.29) is 0 Å². The minimum absolute atomic E-state index is 0.423. The lowest BCUT2D eigenvalue weighted by atomic mass is 10.1. The number of nitrogens with zero attached hydrogens (tertiary/aromatic N) is 3. The van der Waals surface area contributed by atoms with Gasteiger partial charge < -0.3 is 5.32 Å². The lowest BCUT2D eigenvalue weighted by Crippen LogP contribution is -2.21. The molecule has 0 aliphatic carbocycles. The first-order valence-electron chi connectivity index (χ1n) is 6.07. The van der Waals surface area contributed by atoms with Crippen molar-refractivity contribution < 1.29 is 0 Å². The van der Waals surface area contributed by atoms with Gasteiger partial charge in [-0.05, 0) is 33.6 Å². The number of hydrogen-bond donors (Lipinski definition) is 1. The Labute approximate surface area is 121 Å². The molecule has 0 spiro atoms. The third-order valence-electron chi connectivity index (χ3n) is 2.69. The van der Waals surface area contributed by atoms with Gasteiger partial charge in [0.05, 0.1) is 21.9 Å². The summed E-state index contributed by atoms with van der Waals surface area (Å²) in [5.41, 5.74) is 2.51.